The lowest BCUT2D eigenvalue weighted by atomic mass is 9.88. The summed E-state index contributed by atoms with van der Waals surface area (Å²) in [7, 11) is -3.72. The number of hydrogen-bond donors (Lipinski definition) is 1. The second kappa shape index (κ2) is 9.87. The van der Waals surface area contributed by atoms with Gasteiger partial charge in [-0.25, -0.2) is 21.9 Å². The molecule has 0 atom stereocenters. The first-order valence-electron chi connectivity index (χ1n) is 10.4. The minimum atomic E-state index is -3.72. The van der Waals surface area contributed by atoms with Crippen LogP contribution >= 0.6 is 0 Å². The van der Waals surface area contributed by atoms with Gasteiger partial charge in [0.15, 0.2) is 5.78 Å². The number of Topliss-reactive ketones (excluding diaryl/α,β-unsaturated/α-hetero) is 1. The Balaban J connectivity index is 1.50. The Hall–Kier alpha value is -2.65. The first kappa shape index (κ1) is 24.0. The molecular formula is C23H26F2N2O4S. The summed E-state index contributed by atoms with van der Waals surface area (Å²) in [6.45, 7) is 4.28. The zero-order valence-electron chi connectivity index (χ0n) is 18.0. The summed E-state index contributed by atoms with van der Waals surface area (Å²) < 4.78 is 54.5. The highest BCUT2D eigenvalue weighted by atomic mass is 32.2. The molecule has 1 fully saturated rings. The predicted molar refractivity (Wildman–Crippen MR) is 116 cm³/mol. The summed E-state index contributed by atoms with van der Waals surface area (Å²) in [6.07, 6.45) is 0.672. The Kier molecular flexibility index (Phi) is 7.40. The van der Waals surface area contributed by atoms with Gasteiger partial charge < -0.3 is 4.90 Å². The Morgan fingerprint density at radius 1 is 1.03 bits per heavy atom. The molecule has 0 bridgehead atoms. The van der Waals surface area contributed by atoms with Crippen molar-refractivity contribution in [3.63, 3.8) is 0 Å². The van der Waals surface area contributed by atoms with Gasteiger partial charge in [-0.3, -0.25) is 9.59 Å². The first-order chi connectivity index (χ1) is 15.1. The van der Waals surface area contributed by atoms with Crippen LogP contribution in [-0.4, -0.2) is 44.6 Å². The van der Waals surface area contributed by atoms with Gasteiger partial charge in [-0.15, -0.1) is 0 Å². The molecule has 2 aromatic rings. The van der Waals surface area contributed by atoms with Gasteiger partial charge in [0.05, 0.1) is 10.5 Å². The number of nitrogens with one attached hydrogen (secondary N) is 1. The standard InChI is InChI=1S/C23H26F2N2O4S/c1-15-3-5-19(13-16(15)2)32(30,31)26-10-7-22(28)27-11-8-17(9-12-27)23(29)20-14-18(24)4-6-21(20)25/h3-6,13-14,17,26H,7-12H2,1-2H3. The molecule has 0 unspecified atom stereocenters. The minimum Gasteiger partial charge on any atom is -0.343 e. The molecule has 1 saturated heterocycles. The van der Waals surface area contributed by atoms with E-state index in [1.54, 1.807) is 17.0 Å². The summed E-state index contributed by atoms with van der Waals surface area (Å²) in [5, 5.41) is 0. The lowest BCUT2D eigenvalue weighted by Gasteiger charge is -2.31. The summed E-state index contributed by atoms with van der Waals surface area (Å²) in [6, 6.07) is 7.63. The number of carbonyl (C=O) groups excluding carboxylic acids is 2. The molecule has 9 heteroatoms. The molecule has 0 aromatic heterocycles. The summed E-state index contributed by atoms with van der Waals surface area (Å²) in [5.41, 5.74) is 1.58. The van der Waals surface area contributed by atoms with Gasteiger partial charge in [-0.2, -0.15) is 0 Å². The van der Waals surface area contributed by atoms with E-state index in [1.807, 2.05) is 13.8 Å². The van der Waals surface area contributed by atoms with Crippen molar-refractivity contribution in [2.24, 2.45) is 5.92 Å². The molecule has 1 aliphatic heterocycles. The molecule has 0 spiro atoms. The van der Waals surface area contributed by atoms with Crippen LogP contribution in [-0.2, 0) is 14.8 Å². The number of ketones is 1. The number of nitrogens with zero attached hydrogens (tertiary/aromatic N) is 1. The molecule has 0 aliphatic carbocycles. The molecule has 172 valence electrons. The van der Waals surface area contributed by atoms with Crippen molar-refractivity contribution in [1.82, 2.24) is 9.62 Å². The molecule has 1 N–H and O–H groups in total. The van der Waals surface area contributed by atoms with Crippen LogP contribution < -0.4 is 4.72 Å². The number of amides is 1. The highest BCUT2D eigenvalue weighted by Gasteiger charge is 2.29. The van der Waals surface area contributed by atoms with Crippen molar-refractivity contribution in [3.8, 4) is 0 Å². The number of halogens is 2. The SMILES string of the molecule is Cc1ccc(S(=O)(=O)NCCC(=O)N2CCC(C(=O)c3cc(F)ccc3F)CC2)cc1C. The van der Waals surface area contributed by atoms with E-state index in [4.69, 9.17) is 0 Å². The largest absolute Gasteiger partial charge is 0.343 e. The monoisotopic (exact) mass is 464 g/mol. The number of likely N-dealkylation sites (tertiary alicyclic amines) is 1. The van der Waals surface area contributed by atoms with Crippen molar-refractivity contribution in [2.45, 2.75) is 38.0 Å². The average molecular weight is 465 g/mol. The van der Waals surface area contributed by atoms with Crippen molar-refractivity contribution in [2.75, 3.05) is 19.6 Å². The maximum Gasteiger partial charge on any atom is 0.240 e. The average Bonchev–Trinajstić information content (AvgIpc) is 2.76. The highest BCUT2D eigenvalue weighted by Crippen LogP contribution is 2.24. The molecule has 0 radical (unpaired) electrons. The van der Waals surface area contributed by atoms with E-state index in [0.29, 0.717) is 25.9 Å². The lowest BCUT2D eigenvalue weighted by Crippen LogP contribution is -2.41. The van der Waals surface area contributed by atoms with Gasteiger partial charge >= 0.3 is 0 Å². The highest BCUT2D eigenvalue weighted by molar-refractivity contribution is 7.89. The van der Waals surface area contributed by atoms with E-state index in [2.05, 4.69) is 4.72 Å². The zero-order chi connectivity index (χ0) is 23.5. The van der Waals surface area contributed by atoms with Gasteiger partial charge in [0.25, 0.3) is 0 Å². The number of aryl methyl sites for hydroxylation is 2. The maximum absolute atomic E-state index is 13.9. The maximum atomic E-state index is 13.9. The zero-order valence-corrected chi connectivity index (χ0v) is 18.8. The van der Waals surface area contributed by atoms with Crippen molar-refractivity contribution in [1.29, 1.82) is 0 Å². The fourth-order valence-electron chi connectivity index (χ4n) is 3.71. The minimum absolute atomic E-state index is 0.0127. The van der Waals surface area contributed by atoms with Crippen LogP contribution in [0.4, 0.5) is 8.78 Å². The molecular weight excluding hydrogens is 438 g/mol. The molecule has 2 aromatic carbocycles. The van der Waals surface area contributed by atoms with Crippen LogP contribution in [0.1, 0.15) is 40.7 Å². The number of piperidine rings is 1. The van der Waals surface area contributed by atoms with E-state index >= 15 is 0 Å². The van der Waals surface area contributed by atoms with Crippen molar-refractivity contribution in [3.05, 3.63) is 64.7 Å². The normalized spacial score (nSPS) is 15.1. The van der Waals surface area contributed by atoms with Crippen LogP contribution in [0.2, 0.25) is 0 Å². The van der Waals surface area contributed by atoms with Crippen LogP contribution in [0, 0.1) is 31.4 Å². The van der Waals surface area contributed by atoms with Crippen LogP contribution in [0.25, 0.3) is 0 Å². The molecule has 3 rings (SSSR count). The van der Waals surface area contributed by atoms with E-state index < -0.39 is 33.4 Å². The van der Waals surface area contributed by atoms with Gasteiger partial charge in [-0.1, -0.05) is 6.07 Å². The second-order valence-corrected chi connectivity index (χ2v) is 9.80. The summed E-state index contributed by atoms with van der Waals surface area (Å²) in [5.74, 6) is -2.61. The number of hydrogen-bond acceptors (Lipinski definition) is 4. The van der Waals surface area contributed by atoms with E-state index in [9.17, 15) is 26.8 Å². The van der Waals surface area contributed by atoms with Gasteiger partial charge in [0.1, 0.15) is 11.6 Å². The Labute approximate surface area is 186 Å². The number of benzene rings is 2. The van der Waals surface area contributed by atoms with Crippen LogP contribution in [0.5, 0.6) is 0 Å². The van der Waals surface area contributed by atoms with Gasteiger partial charge in [-0.05, 0) is 68.1 Å². The van der Waals surface area contributed by atoms with E-state index in [-0.39, 0.29) is 29.3 Å². The number of carbonyl (C=O) groups is 2. The second-order valence-electron chi connectivity index (χ2n) is 8.04. The molecule has 1 heterocycles. The Bertz CT molecular complexity index is 1130. The quantitative estimate of drug-likeness (QED) is 0.637. The number of sulfonamides is 1. The molecule has 32 heavy (non-hydrogen) atoms. The third-order valence-electron chi connectivity index (χ3n) is 5.83. The fraction of sp³-hybridized carbons (Fsp3) is 0.391. The lowest BCUT2D eigenvalue weighted by molar-refractivity contribution is -0.132. The fourth-order valence-corrected chi connectivity index (χ4v) is 4.83. The van der Waals surface area contributed by atoms with Crippen molar-refractivity contribution >= 4 is 21.7 Å². The molecule has 6 nitrogen and oxygen atoms in total. The molecule has 0 saturated carbocycles. The molecule has 1 amide bonds. The Morgan fingerprint density at radius 3 is 2.38 bits per heavy atom. The van der Waals surface area contributed by atoms with Gasteiger partial charge in [0, 0.05) is 32.0 Å². The Morgan fingerprint density at radius 2 is 1.72 bits per heavy atom. The first-order valence-corrected chi connectivity index (χ1v) is 11.9. The molecule has 1 aliphatic rings. The van der Waals surface area contributed by atoms with E-state index in [1.165, 1.54) is 6.07 Å². The van der Waals surface area contributed by atoms with Crippen molar-refractivity contribution < 1.29 is 26.8 Å². The third-order valence-corrected chi connectivity index (χ3v) is 7.29. The predicted octanol–water partition coefficient (Wildman–Crippen LogP) is 3.37. The third kappa shape index (κ3) is 5.58. The summed E-state index contributed by atoms with van der Waals surface area (Å²) >= 11 is 0. The topological polar surface area (TPSA) is 83.6 Å². The summed E-state index contributed by atoms with van der Waals surface area (Å²) in [4.78, 5) is 26.7. The smallest absolute Gasteiger partial charge is 0.240 e. The van der Waals surface area contributed by atoms with Crippen LogP contribution in [0.3, 0.4) is 0 Å². The van der Waals surface area contributed by atoms with Crippen LogP contribution in [0.15, 0.2) is 41.3 Å². The van der Waals surface area contributed by atoms with E-state index in [0.717, 1.165) is 29.3 Å². The number of rotatable bonds is 7. The van der Waals surface area contributed by atoms with Gasteiger partial charge in [0.2, 0.25) is 15.9 Å².